The molecule has 0 amide bonds. The highest BCUT2D eigenvalue weighted by Gasteiger charge is 2.22. The van der Waals surface area contributed by atoms with Crippen molar-refractivity contribution in [3.63, 3.8) is 0 Å². The molecule has 0 radical (unpaired) electrons. The lowest BCUT2D eigenvalue weighted by Gasteiger charge is -2.10. The zero-order valence-electron chi connectivity index (χ0n) is 10.1. The Hall–Kier alpha value is -0.900. The number of carbonyl (C=O) groups is 1. The number of ketones is 1. The highest BCUT2D eigenvalue weighted by atomic mass is 127. The number of benzene rings is 2. The molecular weight excluding hydrogens is 452 g/mol. The van der Waals surface area contributed by atoms with Crippen LogP contribution in [0, 0.1) is 14.9 Å². The van der Waals surface area contributed by atoms with E-state index in [1.54, 1.807) is 36.4 Å². The van der Waals surface area contributed by atoms with E-state index >= 15 is 0 Å². The summed E-state index contributed by atoms with van der Waals surface area (Å²) in [7, 11) is 0. The van der Waals surface area contributed by atoms with Gasteiger partial charge in [0, 0.05) is 13.6 Å². The van der Waals surface area contributed by atoms with E-state index in [1.165, 1.54) is 0 Å². The number of Topliss-reactive ketones (excluding diaryl/α,β-unsaturated/α-hetero) is 1. The van der Waals surface area contributed by atoms with Crippen LogP contribution in [0.3, 0.4) is 0 Å². The molecule has 5 heteroatoms. The molecule has 0 saturated heterocycles. The van der Waals surface area contributed by atoms with Crippen molar-refractivity contribution in [2.45, 2.75) is 5.92 Å². The summed E-state index contributed by atoms with van der Waals surface area (Å²) in [5.74, 6) is -1.08. The van der Waals surface area contributed by atoms with Gasteiger partial charge in [-0.05, 0) is 52.4 Å². The van der Waals surface area contributed by atoms with E-state index in [4.69, 9.17) is 11.6 Å². The van der Waals surface area contributed by atoms with E-state index in [0.717, 1.165) is 8.04 Å². The maximum absolute atomic E-state index is 12.5. The molecule has 0 aliphatic rings. The number of nitriles is 1. The summed E-state index contributed by atoms with van der Waals surface area (Å²) in [5.41, 5.74) is 1.11. The summed E-state index contributed by atoms with van der Waals surface area (Å²) in [6.45, 7) is 0. The van der Waals surface area contributed by atoms with Crippen molar-refractivity contribution in [1.29, 1.82) is 5.26 Å². The van der Waals surface area contributed by atoms with E-state index in [-0.39, 0.29) is 5.78 Å². The molecule has 100 valence electrons. The Labute approximate surface area is 144 Å². The van der Waals surface area contributed by atoms with Gasteiger partial charge < -0.3 is 0 Å². The van der Waals surface area contributed by atoms with E-state index in [0.29, 0.717) is 16.1 Å². The molecule has 20 heavy (non-hydrogen) atoms. The number of carbonyl (C=O) groups excluding carboxylic acids is 1. The molecule has 2 aromatic carbocycles. The third-order valence-corrected chi connectivity index (χ3v) is 4.84. The molecule has 0 fully saturated rings. The average molecular weight is 460 g/mol. The molecule has 2 aromatic rings. The number of hydrogen-bond donors (Lipinski definition) is 0. The molecule has 0 aliphatic carbocycles. The van der Waals surface area contributed by atoms with Crippen molar-refractivity contribution in [2.75, 3.05) is 0 Å². The highest BCUT2D eigenvalue weighted by molar-refractivity contribution is 14.1. The summed E-state index contributed by atoms with van der Waals surface area (Å²) in [6, 6.07) is 14.3. The standard InChI is InChI=1S/C15H8BrClINO/c16-11-3-1-2-9(6-11)12(8-19)15(20)10-4-5-14(18)13(17)7-10/h1-7,12H. The fourth-order valence-electron chi connectivity index (χ4n) is 1.79. The summed E-state index contributed by atoms with van der Waals surface area (Å²) in [4.78, 5) is 12.5. The van der Waals surface area contributed by atoms with E-state index in [9.17, 15) is 10.1 Å². The molecule has 0 bridgehead atoms. The zero-order valence-corrected chi connectivity index (χ0v) is 14.6. The van der Waals surface area contributed by atoms with Crippen LogP contribution in [-0.4, -0.2) is 5.78 Å². The highest BCUT2D eigenvalue weighted by Crippen LogP contribution is 2.26. The first-order chi connectivity index (χ1) is 9.52. The smallest absolute Gasteiger partial charge is 0.184 e. The van der Waals surface area contributed by atoms with Crippen LogP contribution in [0.25, 0.3) is 0 Å². The van der Waals surface area contributed by atoms with Crippen molar-refractivity contribution in [3.05, 3.63) is 66.7 Å². The van der Waals surface area contributed by atoms with Crippen LogP contribution in [0.15, 0.2) is 46.9 Å². The van der Waals surface area contributed by atoms with Gasteiger partial charge in [0.1, 0.15) is 5.92 Å². The van der Waals surface area contributed by atoms with E-state index in [1.807, 2.05) is 6.07 Å². The minimum absolute atomic E-state index is 0.246. The number of rotatable bonds is 3. The molecule has 0 aromatic heterocycles. The predicted molar refractivity (Wildman–Crippen MR) is 91.0 cm³/mol. The molecule has 1 atom stereocenters. The Morgan fingerprint density at radius 1 is 1.30 bits per heavy atom. The van der Waals surface area contributed by atoms with Crippen LogP contribution in [-0.2, 0) is 0 Å². The minimum atomic E-state index is -0.830. The van der Waals surface area contributed by atoms with Crippen molar-refractivity contribution in [2.24, 2.45) is 0 Å². The number of hydrogen-bond acceptors (Lipinski definition) is 2. The minimum Gasteiger partial charge on any atom is -0.292 e. The van der Waals surface area contributed by atoms with Crippen molar-refractivity contribution >= 4 is 55.9 Å². The lowest BCUT2D eigenvalue weighted by atomic mass is 9.92. The fourth-order valence-corrected chi connectivity index (χ4v) is 2.72. The second-order valence-corrected chi connectivity index (χ2v) is 6.60. The number of halogens is 3. The largest absolute Gasteiger partial charge is 0.292 e. The first-order valence-corrected chi connectivity index (χ1v) is 7.92. The predicted octanol–water partition coefficient (Wildman–Crippen LogP) is 5.20. The Morgan fingerprint density at radius 2 is 2.05 bits per heavy atom. The van der Waals surface area contributed by atoms with Gasteiger partial charge in [0.2, 0.25) is 0 Å². The zero-order chi connectivity index (χ0) is 14.7. The quantitative estimate of drug-likeness (QED) is 0.467. The van der Waals surface area contributed by atoms with Crippen LogP contribution in [0.1, 0.15) is 21.8 Å². The van der Waals surface area contributed by atoms with Crippen LogP contribution >= 0.6 is 50.1 Å². The molecule has 0 heterocycles. The topological polar surface area (TPSA) is 40.9 Å². The van der Waals surface area contributed by atoms with Crippen molar-refractivity contribution in [1.82, 2.24) is 0 Å². The second kappa shape index (κ2) is 6.70. The van der Waals surface area contributed by atoms with Gasteiger partial charge in [0.25, 0.3) is 0 Å². The Balaban J connectivity index is 2.39. The summed E-state index contributed by atoms with van der Waals surface area (Å²) < 4.78 is 1.71. The molecule has 0 saturated carbocycles. The van der Waals surface area contributed by atoms with Gasteiger partial charge in [-0.2, -0.15) is 5.26 Å². The van der Waals surface area contributed by atoms with Crippen LogP contribution < -0.4 is 0 Å². The van der Waals surface area contributed by atoms with Gasteiger partial charge >= 0.3 is 0 Å². The maximum atomic E-state index is 12.5. The van der Waals surface area contributed by atoms with Crippen LogP contribution in [0.4, 0.5) is 0 Å². The Kier molecular flexibility index (Phi) is 5.19. The van der Waals surface area contributed by atoms with E-state index in [2.05, 4.69) is 44.6 Å². The maximum Gasteiger partial charge on any atom is 0.184 e. The molecular formula is C15H8BrClINO. The Morgan fingerprint density at radius 3 is 2.65 bits per heavy atom. The molecule has 0 aliphatic heterocycles. The summed E-state index contributed by atoms with van der Waals surface area (Å²) in [6.07, 6.45) is 0. The number of nitrogens with zero attached hydrogens (tertiary/aromatic N) is 1. The van der Waals surface area contributed by atoms with Crippen LogP contribution in [0.2, 0.25) is 5.02 Å². The van der Waals surface area contributed by atoms with Gasteiger partial charge in [-0.25, -0.2) is 0 Å². The van der Waals surface area contributed by atoms with Crippen molar-refractivity contribution in [3.8, 4) is 6.07 Å². The molecule has 0 N–H and O–H groups in total. The first kappa shape index (κ1) is 15.5. The molecule has 2 nitrogen and oxygen atoms in total. The lowest BCUT2D eigenvalue weighted by molar-refractivity contribution is 0.0979. The summed E-state index contributed by atoms with van der Waals surface area (Å²) >= 11 is 11.5. The SMILES string of the molecule is N#CC(C(=O)c1ccc(I)c(Cl)c1)c1cccc(Br)c1. The average Bonchev–Trinajstić information content (AvgIpc) is 2.42. The second-order valence-electron chi connectivity index (χ2n) is 4.11. The Bertz CT molecular complexity index is 711. The fraction of sp³-hybridized carbons (Fsp3) is 0.0667. The van der Waals surface area contributed by atoms with Gasteiger partial charge in [0.05, 0.1) is 11.1 Å². The normalized spacial score (nSPS) is 11.7. The van der Waals surface area contributed by atoms with Gasteiger partial charge in [-0.3, -0.25) is 4.79 Å². The molecule has 0 spiro atoms. The lowest BCUT2D eigenvalue weighted by Crippen LogP contribution is -2.11. The third kappa shape index (κ3) is 3.40. The van der Waals surface area contributed by atoms with Gasteiger partial charge in [-0.1, -0.05) is 45.7 Å². The van der Waals surface area contributed by atoms with Gasteiger partial charge in [0.15, 0.2) is 5.78 Å². The monoisotopic (exact) mass is 459 g/mol. The molecule has 1 unspecified atom stereocenters. The third-order valence-electron chi connectivity index (χ3n) is 2.78. The summed E-state index contributed by atoms with van der Waals surface area (Å²) in [5, 5.41) is 9.82. The van der Waals surface area contributed by atoms with E-state index < -0.39 is 5.92 Å². The van der Waals surface area contributed by atoms with Crippen LogP contribution in [0.5, 0.6) is 0 Å². The molecule has 2 rings (SSSR count). The first-order valence-electron chi connectivity index (χ1n) is 5.67. The van der Waals surface area contributed by atoms with Crippen molar-refractivity contribution < 1.29 is 4.79 Å². The van der Waals surface area contributed by atoms with Gasteiger partial charge in [-0.15, -0.1) is 0 Å².